The minimum absolute atomic E-state index is 0.0493. The van der Waals surface area contributed by atoms with Crippen molar-refractivity contribution >= 4 is 27.3 Å². The number of sulfonamides is 1. The standard InChI is InChI=1S/C9H11N5O4S2/c1-5(8-10-3-6(19-8)9(15)16)12-20(17,18)7-4-11-13-14(7)2/h3-5,12H,1-2H3,(H,15,16). The summed E-state index contributed by atoms with van der Waals surface area (Å²) in [5, 5.41) is 16.1. The molecule has 2 aromatic rings. The van der Waals surface area contributed by atoms with E-state index in [4.69, 9.17) is 5.11 Å². The SMILES string of the molecule is CC(NS(=O)(=O)c1cnnn1C)c1ncc(C(=O)O)s1. The fourth-order valence-corrected chi connectivity index (χ4v) is 3.56. The second-order valence-corrected chi connectivity index (χ2v) is 6.63. The number of aromatic carboxylic acids is 1. The van der Waals surface area contributed by atoms with Crippen molar-refractivity contribution in [2.75, 3.05) is 0 Å². The predicted molar refractivity (Wildman–Crippen MR) is 68.8 cm³/mol. The molecule has 0 radical (unpaired) electrons. The molecule has 0 saturated carbocycles. The molecule has 0 amide bonds. The number of aryl methyl sites for hydroxylation is 1. The van der Waals surface area contributed by atoms with Gasteiger partial charge in [-0.25, -0.2) is 27.6 Å². The number of thiazole rings is 1. The first-order chi connectivity index (χ1) is 9.31. The Morgan fingerprint density at radius 3 is 2.70 bits per heavy atom. The first-order valence-electron chi connectivity index (χ1n) is 5.37. The van der Waals surface area contributed by atoms with Gasteiger partial charge in [0.15, 0.2) is 5.03 Å². The highest BCUT2D eigenvalue weighted by Gasteiger charge is 2.24. The molecular formula is C9H11N5O4S2. The van der Waals surface area contributed by atoms with E-state index < -0.39 is 22.0 Å². The lowest BCUT2D eigenvalue weighted by atomic mass is 10.4. The molecule has 20 heavy (non-hydrogen) atoms. The minimum atomic E-state index is -3.80. The topological polar surface area (TPSA) is 127 Å². The predicted octanol–water partition coefficient (Wildman–Crippen LogP) is 0.00930. The average Bonchev–Trinajstić information content (AvgIpc) is 2.96. The minimum Gasteiger partial charge on any atom is -0.477 e. The summed E-state index contributed by atoms with van der Waals surface area (Å²) < 4.78 is 27.7. The Morgan fingerprint density at radius 1 is 1.50 bits per heavy atom. The summed E-state index contributed by atoms with van der Waals surface area (Å²) in [6.07, 6.45) is 2.32. The average molecular weight is 317 g/mol. The van der Waals surface area contributed by atoms with Crippen molar-refractivity contribution in [3.63, 3.8) is 0 Å². The van der Waals surface area contributed by atoms with Gasteiger partial charge in [0.2, 0.25) is 0 Å². The van der Waals surface area contributed by atoms with Crippen LogP contribution >= 0.6 is 11.3 Å². The van der Waals surface area contributed by atoms with Crippen molar-refractivity contribution in [3.8, 4) is 0 Å². The van der Waals surface area contributed by atoms with Crippen LogP contribution < -0.4 is 4.72 Å². The van der Waals surface area contributed by atoms with E-state index in [2.05, 4.69) is 20.0 Å². The maximum atomic E-state index is 12.1. The summed E-state index contributed by atoms with van der Waals surface area (Å²) in [6, 6.07) is -0.659. The van der Waals surface area contributed by atoms with Gasteiger partial charge in [-0.15, -0.1) is 16.4 Å². The summed E-state index contributed by atoms with van der Waals surface area (Å²) in [6.45, 7) is 1.58. The van der Waals surface area contributed by atoms with Crippen LogP contribution in [-0.2, 0) is 17.1 Å². The molecule has 2 rings (SSSR count). The van der Waals surface area contributed by atoms with Crippen molar-refractivity contribution in [1.82, 2.24) is 24.7 Å². The molecular weight excluding hydrogens is 306 g/mol. The lowest BCUT2D eigenvalue weighted by molar-refractivity contribution is 0.0702. The molecule has 0 aromatic carbocycles. The lowest BCUT2D eigenvalue weighted by Crippen LogP contribution is -2.28. The second kappa shape index (κ2) is 5.26. The Labute approximate surface area is 118 Å². The van der Waals surface area contributed by atoms with Gasteiger partial charge in [0, 0.05) is 7.05 Å². The number of hydrogen-bond donors (Lipinski definition) is 2. The Hall–Kier alpha value is -1.85. The Kier molecular flexibility index (Phi) is 3.83. The van der Waals surface area contributed by atoms with Gasteiger partial charge >= 0.3 is 5.97 Å². The molecule has 0 saturated heterocycles. The van der Waals surface area contributed by atoms with Gasteiger partial charge in [-0.2, -0.15) is 0 Å². The molecule has 0 aliphatic carbocycles. The molecule has 0 aliphatic rings. The van der Waals surface area contributed by atoms with E-state index in [1.54, 1.807) is 6.92 Å². The van der Waals surface area contributed by atoms with Crippen LogP contribution in [0.3, 0.4) is 0 Å². The van der Waals surface area contributed by atoms with E-state index in [0.717, 1.165) is 22.2 Å². The fraction of sp³-hybridized carbons (Fsp3) is 0.333. The van der Waals surface area contributed by atoms with Crippen LogP contribution in [0.25, 0.3) is 0 Å². The van der Waals surface area contributed by atoms with E-state index in [9.17, 15) is 13.2 Å². The highest BCUT2D eigenvalue weighted by atomic mass is 32.2. The van der Waals surface area contributed by atoms with Crippen LogP contribution in [0.1, 0.15) is 27.6 Å². The van der Waals surface area contributed by atoms with Crippen molar-refractivity contribution in [3.05, 3.63) is 22.3 Å². The highest BCUT2D eigenvalue weighted by Crippen LogP contribution is 2.21. The molecule has 2 N–H and O–H groups in total. The van der Waals surface area contributed by atoms with Gasteiger partial charge in [0.25, 0.3) is 10.0 Å². The fourth-order valence-electron chi connectivity index (χ4n) is 1.45. The van der Waals surface area contributed by atoms with Crippen molar-refractivity contribution < 1.29 is 18.3 Å². The third-order valence-electron chi connectivity index (χ3n) is 2.38. The summed E-state index contributed by atoms with van der Waals surface area (Å²) in [7, 11) is -2.34. The maximum absolute atomic E-state index is 12.1. The van der Waals surface area contributed by atoms with Crippen LogP contribution in [0.4, 0.5) is 0 Å². The van der Waals surface area contributed by atoms with Crippen molar-refractivity contribution in [2.24, 2.45) is 7.05 Å². The van der Waals surface area contributed by atoms with Crippen LogP contribution in [0, 0.1) is 0 Å². The Balaban J connectivity index is 2.20. The van der Waals surface area contributed by atoms with Gasteiger partial charge in [0.1, 0.15) is 9.88 Å². The van der Waals surface area contributed by atoms with Crippen LogP contribution in [0.15, 0.2) is 17.4 Å². The molecule has 2 aromatic heterocycles. The lowest BCUT2D eigenvalue weighted by Gasteiger charge is -2.11. The number of nitrogens with zero attached hydrogens (tertiary/aromatic N) is 4. The van der Waals surface area contributed by atoms with E-state index in [1.165, 1.54) is 13.2 Å². The van der Waals surface area contributed by atoms with Crippen LogP contribution in [0.2, 0.25) is 0 Å². The zero-order valence-electron chi connectivity index (χ0n) is 10.5. The highest BCUT2D eigenvalue weighted by molar-refractivity contribution is 7.89. The normalized spacial score (nSPS) is 13.3. The number of hydrogen-bond acceptors (Lipinski definition) is 7. The second-order valence-electron chi connectivity index (χ2n) is 3.91. The summed E-state index contributed by atoms with van der Waals surface area (Å²) in [5.74, 6) is -1.10. The van der Waals surface area contributed by atoms with E-state index in [-0.39, 0.29) is 9.90 Å². The number of carbonyl (C=O) groups is 1. The van der Waals surface area contributed by atoms with Gasteiger partial charge in [-0.3, -0.25) is 0 Å². The Bertz CT molecular complexity index is 735. The molecule has 108 valence electrons. The number of rotatable bonds is 5. The molecule has 1 unspecified atom stereocenters. The van der Waals surface area contributed by atoms with E-state index >= 15 is 0 Å². The van der Waals surface area contributed by atoms with Gasteiger partial charge in [-0.05, 0) is 6.92 Å². The number of carboxylic acid groups (broad SMARTS) is 1. The molecule has 0 fully saturated rings. The third-order valence-corrected chi connectivity index (χ3v) is 5.14. The van der Waals surface area contributed by atoms with Crippen LogP contribution in [-0.4, -0.2) is 39.5 Å². The zero-order chi connectivity index (χ0) is 14.9. The number of nitrogens with one attached hydrogen (secondary N) is 1. The van der Waals surface area contributed by atoms with Crippen molar-refractivity contribution in [1.29, 1.82) is 0 Å². The Morgan fingerprint density at radius 2 is 2.20 bits per heavy atom. The first kappa shape index (κ1) is 14.6. The maximum Gasteiger partial charge on any atom is 0.347 e. The van der Waals surface area contributed by atoms with Gasteiger partial charge in [-0.1, -0.05) is 5.21 Å². The monoisotopic (exact) mass is 317 g/mol. The first-order valence-corrected chi connectivity index (χ1v) is 7.67. The number of aromatic nitrogens is 4. The number of carboxylic acids is 1. The van der Waals surface area contributed by atoms with E-state index in [0.29, 0.717) is 5.01 Å². The van der Waals surface area contributed by atoms with Crippen molar-refractivity contribution in [2.45, 2.75) is 18.0 Å². The van der Waals surface area contributed by atoms with Gasteiger partial charge in [0.05, 0.1) is 18.4 Å². The summed E-state index contributed by atoms with van der Waals surface area (Å²) in [5.41, 5.74) is 0. The van der Waals surface area contributed by atoms with Crippen LogP contribution in [0.5, 0.6) is 0 Å². The summed E-state index contributed by atoms with van der Waals surface area (Å²) in [4.78, 5) is 14.7. The molecule has 0 bridgehead atoms. The third kappa shape index (κ3) is 2.84. The molecule has 9 nitrogen and oxygen atoms in total. The quantitative estimate of drug-likeness (QED) is 0.795. The smallest absolute Gasteiger partial charge is 0.347 e. The molecule has 0 spiro atoms. The summed E-state index contributed by atoms with van der Waals surface area (Å²) >= 11 is 0.916. The molecule has 11 heteroatoms. The molecule has 2 heterocycles. The zero-order valence-corrected chi connectivity index (χ0v) is 12.1. The largest absolute Gasteiger partial charge is 0.477 e. The molecule has 1 atom stereocenters. The van der Waals surface area contributed by atoms with E-state index in [1.807, 2.05) is 0 Å². The molecule has 0 aliphatic heterocycles. The van der Waals surface area contributed by atoms with Gasteiger partial charge < -0.3 is 5.11 Å².